The molecule has 2 aromatic heterocycles. The first kappa shape index (κ1) is 18.0. The number of carbonyl (C=O) groups excluding carboxylic acids is 1. The van der Waals surface area contributed by atoms with Gasteiger partial charge in [0, 0.05) is 5.56 Å². The number of rotatable bonds is 4. The number of hydrogen-bond acceptors (Lipinski definition) is 5. The van der Waals surface area contributed by atoms with Crippen LogP contribution < -0.4 is 5.43 Å². The van der Waals surface area contributed by atoms with Gasteiger partial charge in [0.1, 0.15) is 22.7 Å². The number of thiazole rings is 1. The summed E-state index contributed by atoms with van der Waals surface area (Å²) in [7, 11) is 0. The zero-order valence-electron chi connectivity index (χ0n) is 14.8. The molecule has 0 fully saturated rings. The Morgan fingerprint density at radius 3 is 2.75 bits per heavy atom. The van der Waals surface area contributed by atoms with Gasteiger partial charge in [-0.05, 0) is 37.3 Å². The van der Waals surface area contributed by atoms with Crippen LogP contribution >= 0.6 is 11.3 Å². The van der Waals surface area contributed by atoms with E-state index < -0.39 is 11.2 Å². The minimum atomic E-state index is -0.522. The van der Waals surface area contributed by atoms with Crippen LogP contribution in [0.15, 0.2) is 70.1 Å². The zero-order chi connectivity index (χ0) is 19.7. The normalized spacial score (nSPS) is 11.4. The number of ketones is 1. The van der Waals surface area contributed by atoms with Crippen molar-refractivity contribution in [2.24, 2.45) is 0 Å². The third kappa shape index (κ3) is 3.42. The van der Waals surface area contributed by atoms with Gasteiger partial charge in [-0.1, -0.05) is 30.3 Å². The Hall–Kier alpha value is -3.38. The van der Waals surface area contributed by atoms with Gasteiger partial charge in [0.05, 0.1) is 21.5 Å². The number of allylic oxidation sites excluding steroid dienone is 1. The summed E-state index contributed by atoms with van der Waals surface area (Å²) >= 11 is 1.30. The Balaban J connectivity index is 1.65. The molecule has 6 heteroatoms. The molecule has 0 radical (unpaired) electrons. The van der Waals surface area contributed by atoms with Crippen LogP contribution in [0.3, 0.4) is 0 Å². The smallest absolute Gasteiger partial charge is 0.199 e. The summed E-state index contributed by atoms with van der Waals surface area (Å²) in [6.45, 7) is 1.77. The Bertz CT molecular complexity index is 1270. The Labute approximate surface area is 163 Å². The van der Waals surface area contributed by atoms with Crippen molar-refractivity contribution in [2.75, 3.05) is 0 Å². The average Bonchev–Trinajstić information content (AvgIpc) is 3.10. The number of carbonyl (C=O) groups is 1. The molecule has 4 aromatic rings. The molecule has 0 atom stereocenters. The monoisotopic (exact) mass is 391 g/mol. The van der Waals surface area contributed by atoms with Crippen molar-refractivity contribution < 1.29 is 13.6 Å². The number of hydrogen-bond donors (Lipinski definition) is 0. The number of halogens is 1. The van der Waals surface area contributed by atoms with Crippen LogP contribution in [-0.4, -0.2) is 10.8 Å². The Morgan fingerprint density at radius 1 is 1.18 bits per heavy atom. The van der Waals surface area contributed by atoms with Crippen LogP contribution in [-0.2, 0) is 0 Å². The molecular weight excluding hydrogens is 377 g/mol. The second-order valence-corrected chi connectivity index (χ2v) is 7.16. The summed E-state index contributed by atoms with van der Waals surface area (Å²) < 4.78 is 18.8. The Kier molecular flexibility index (Phi) is 4.71. The fraction of sp³-hybridized carbons (Fsp3) is 0.0455. The molecule has 0 amide bonds. The maximum absolute atomic E-state index is 13.4. The van der Waals surface area contributed by atoms with Gasteiger partial charge < -0.3 is 4.42 Å². The van der Waals surface area contributed by atoms with Crippen molar-refractivity contribution >= 4 is 34.2 Å². The summed E-state index contributed by atoms with van der Waals surface area (Å²) in [4.78, 5) is 30.1. The quantitative estimate of drug-likeness (QED) is 0.352. The molecule has 0 saturated carbocycles. The van der Waals surface area contributed by atoms with Crippen LogP contribution in [0.1, 0.15) is 20.9 Å². The van der Waals surface area contributed by atoms with E-state index in [2.05, 4.69) is 4.98 Å². The van der Waals surface area contributed by atoms with E-state index in [0.29, 0.717) is 16.2 Å². The zero-order valence-corrected chi connectivity index (χ0v) is 15.6. The highest BCUT2D eigenvalue weighted by atomic mass is 32.1. The van der Waals surface area contributed by atoms with Crippen molar-refractivity contribution in [2.45, 2.75) is 6.92 Å². The van der Waals surface area contributed by atoms with E-state index in [9.17, 15) is 14.0 Å². The van der Waals surface area contributed by atoms with Gasteiger partial charge in [0.2, 0.25) is 0 Å². The molecule has 2 heterocycles. The van der Waals surface area contributed by atoms with E-state index in [1.165, 1.54) is 41.9 Å². The Morgan fingerprint density at radius 2 is 1.96 bits per heavy atom. The van der Waals surface area contributed by atoms with Gasteiger partial charge in [-0.2, -0.15) is 0 Å². The first-order chi connectivity index (χ1) is 13.5. The second kappa shape index (κ2) is 7.32. The highest BCUT2D eigenvalue weighted by Gasteiger charge is 2.14. The van der Waals surface area contributed by atoms with E-state index in [1.807, 2.05) is 30.3 Å². The van der Waals surface area contributed by atoms with Crippen LogP contribution in [0.4, 0.5) is 4.39 Å². The summed E-state index contributed by atoms with van der Waals surface area (Å²) in [6, 6.07) is 13.4. The lowest BCUT2D eigenvalue weighted by Crippen LogP contribution is -2.05. The molecule has 4 rings (SSSR count). The fourth-order valence-electron chi connectivity index (χ4n) is 2.80. The molecule has 4 nitrogen and oxygen atoms in total. The van der Waals surface area contributed by atoms with E-state index in [1.54, 1.807) is 6.92 Å². The number of nitrogens with zero attached hydrogens (tertiary/aromatic N) is 1. The minimum Gasteiger partial charge on any atom is -0.463 e. The summed E-state index contributed by atoms with van der Waals surface area (Å²) in [5, 5.41) is 0.894. The molecule has 0 aliphatic carbocycles. The number of aryl methyl sites for hydroxylation is 1. The fourth-order valence-corrected chi connectivity index (χ4v) is 3.80. The first-order valence-electron chi connectivity index (χ1n) is 8.49. The van der Waals surface area contributed by atoms with Crippen molar-refractivity contribution in [3.05, 3.63) is 93.0 Å². The third-order valence-electron chi connectivity index (χ3n) is 4.22. The SMILES string of the molecule is Cc1nc(-c2ccccc2)sc1C(=O)/C=C/c1coc2ccc(F)cc2c1=O. The maximum atomic E-state index is 13.4. The van der Waals surface area contributed by atoms with Crippen LogP contribution in [0.5, 0.6) is 0 Å². The van der Waals surface area contributed by atoms with Crippen molar-refractivity contribution in [1.82, 2.24) is 4.98 Å². The second-order valence-electron chi connectivity index (χ2n) is 6.16. The lowest BCUT2D eigenvalue weighted by Gasteiger charge is -1.98. The predicted molar refractivity (Wildman–Crippen MR) is 108 cm³/mol. The first-order valence-corrected chi connectivity index (χ1v) is 9.31. The molecule has 0 N–H and O–H groups in total. The number of benzene rings is 2. The minimum absolute atomic E-state index is 0.134. The predicted octanol–water partition coefficient (Wildman–Crippen LogP) is 5.26. The van der Waals surface area contributed by atoms with Gasteiger partial charge in [0.15, 0.2) is 11.2 Å². The highest BCUT2D eigenvalue weighted by Crippen LogP contribution is 2.28. The molecule has 0 aliphatic heterocycles. The number of aromatic nitrogens is 1. The van der Waals surface area contributed by atoms with Crippen LogP contribution in [0.2, 0.25) is 0 Å². The molecule has 0 unspecified atom stereocenters. The maximum Gasteiger partial charge on any atom is 0.199 e. The van der Waals surface area contributed by atoms with E-state index in [0.717, 1.165) is 16.6 Å². The topological polar surface area (TPSA) is 60.2 Å². The molecule has 28 heavy (non-hydrogen) atoms. The van der Waals surface area contributed by atoms with Crippen molar-refractivity contribution in [1.29, 1.82) is 0 Å². The van der Waals surface area contributed by atoms with Crippen LogP contribution in [0.25, 0.3) is 27.6 Å². The lowest BCUT2D eigenvalue weighted by atomic mass is 10.1. The summed E-state index contributed by atoms with van der Waals surface area (Å²) in [5.74, 6) is -0.776. The highest BCUT2D eigenvalue weighted by molar-refractivity contribution is 7.17. The summed E-state index contributed by atoms with van der Waals surface area (Å²) in [6.07, 6.45) is 3.97. The molecule has 2 aromatic carbocycles. The lowest BCUT2D eigenvalue weighted by molar-refractivity contribution is 0.105. The average molecular weight is 391 g/mol. The third-order valence-corrected chi connectivity index (χ3v) is 5.44. The molecule has 0 bridgehead atoms. The van der Waals surface area contributed by atoms with Crippen LogP contribution in [0, 0.1) is 12.7 Å². The van der Waals surface area contributed by atoms with Gasteiger partial charge in [-0.3, -0.25) is 9.59 Å². The van der Waals surface area contributed by atoms with Gasteiger partial charge in [0.25, 0.3) is 0 Å². The molecule has 0 saturated heterocycles. The standard InChI is InChI=1S/C22H14FNO3S/c1-13-21(28-22(24-13)14-5-3-2-4-6-14)18(25)9-7-15-12-27-19-10-8-16(23)11-17(19)20(15)26/h2-12H,1H3/b9-7+. The summed E-state index contributed by atoms with van der Waals surface area (Å²) in [5.41, 5.74) is 1.65. The van der Waals surface area contributed by atoms with E-state index in [-0.39, 0.29) is 16.7 Å². The van der Waals surface area contributed by atoms with E-state index >= 15 is 0 Å². The molecule has 0 aliphatic rings. The largest absolute Gasteiger partial charge is 0.463 e. The number of fused-ring (bicyclic) bond motifs is 1. The van der Waals surface area contributed by atoms with Gasteiger partial charge >= 0.3 is 0 Å². The van der Waals surface area contributed by atoms with Crippen molar-refractivity contribution in [3.63, 3.8) is 0 Å². The van der Waals surface area contributed by atoms with Gasteiger partial charge in [-0.15, -0.1) is 11.3 Å². The molecular formula is C22H14FNO3S. The molecule has 138 valence electrons. The molecule has 0 spiro atoms. The van der Waals surface area contributed by atoms with E-state index in [4.69, 9.17) is 4.42 Å². The van der Waals surface area contributed by atoms with Crippen molar-refractivity contribution in [3.8, 4) is 10.6 Å². The van der Waals surface area contributed by atoms with Gasteiger partial charge in [-0.25, -0.2) is 9.37 Å².